The maximum atomic E-state index is 5.83. The second kappa shape index (κ2) is 6.55. The van der Waals surface area contributed by atoms with Gasteiger partial charge in [-0.3, -0.25) is 4.98 Å². The van der Waals surface area contributed by atoms with Gasteiger partial charge in [0.1, 0.15) is 11.5 Å². The first kappa shape index (κ1) is 13.8. The molecule has 1 heterocycles. The van der Waals surface area contributed by atoms with Crippen molar-refractivity contribution in [1.82, 2.24) is 10.3 Å². The molecule has 0 bridgehead atoms. The molecule has 100 valence electrons. The summed E-state index contributed by atoms with van der Waals surface area (Å²) < 4.78 is 5.73. The van der Waals surface area contributed by atoms with Crippen LogP contribution in [0, 0.1) is 0 Å². The van der Waals surface area contributed by atoms with Crippen LogP contribution >= 0.6 is 11.6 Å². The lowest BCUT2D eigenvalue weighted by molar-refractivity contribution is 0.478. The van der Waals surface area contributed by atoms with Gasteiger partial charge in [0, 0.05) is 23.8 Å². The van der Waals surface area contributed by atoms with Crippen molar-refractivity contribution in [1.29, 1.82) is 0 Å². The minimum absolute atomic E-state index is 0.445. The van der Waals surface area contributed by atoms with Crippen LogP contribution in [0.5, 0.6) is 11.5 Å². The number of pyridine rings is 1. The summed E-state index contributed by atoms with van der Waals surface area (Å²) in [6.45, 7) is 5.01. The molecular formula is C15H17ClN2O. The molecule has 3 nitrogen and oxygen atoms in total. The first-order valence-electron chi connectivity index (χ1n) is 6.24. The van der Waals surface area contributed by atoms with E-state index in [1.54, 1.807) is 18.3 Å². The fourth-order valence-electron chi connectivity index (χ4n) is 1.58. The molecule has 1 aromatic heterocycles. The summed E-state index contributed by atoms with van der Waals surface area (Å²) in [5, 5.41) is 4.04. The third kappa shape index (κ3) is 4.54. The van der Waals surface area contributed by atoms with Crippen LogP contribution in [-0.4, -0.2) is 11.0 Å². The molecule has 0 aliphatic rings. The number of nitrogens with one attached hydrogen (secondary N) is 1. The third-order valence-electron chi connectivity index (χ3n) is 2.53. The van der Waals surface area contributed by atoms with E-state index in [1.165, 1.54) is 0 Å². The van der Waals surface area contributed by atoms with E-state index in [0.29, 0.717) is 11.1 Å². The lowest BCUT2D eigenvalue weighted by Gasteiger charge is -2.10. The van der Waals surface area contributed by atoms with Crippen LogP contribution in [-0.2, 0) is 6.54 Å². The van der Waals surface area contributed by atoms with Crippen LogP contribution in [0.4, 0.5) is 0 Å². The molecule has 0 spiro atoms. The summed E-state index contributed by atoms with van der Waals surface area (Å²) in [6, 6.07) is 9.70. The van der Waals surface area contributed by atoms with Crippen molar-refractivity contribution in [3.8, 4) is 11.5 Å². The van der Waals surface area contributed by atoms with Crippen LogP contribution in [0.2, 0.25) is 5.02 Å². The molecule has 0 amide bonds. The fourth-order valence-corrected chi connectivity index (χ4v) is 1.70. The number of ether oxygens (including phenoxy) is 1. The van der Waals surface area contributed by atoms with Crippen molar-refractivity contribution < 1.29 is 4.74 Å². The van der Waals surface area contributed by atoms with Gasteiger partial charge in [-0.1, -0.05) is 25.4 Å². The van der Waals surface area contributed by atoms with Crippen molar-refractivity contribution in [2.75, 3.05) is 0 Å². The molecule has 0 saturated heterocycles. The van der Waals surface area contributed by atoms with Crippen molar-refractivity contribution in [2.24, 2.45) is 0 Å². The Bertz CT molecular complexity index is 526. The summed E-state index contributed by atoms with van der Waals surface area (Å²) in [7, 11) is 0. The molecule has 2 rings (SSSR count). The zero-order valence-corrected chi connectivity index (χ0v) is 11.8. The number of rotatable bonds is 5. The SMILES string of the molecule is CC(C)NCc1cncc(Oc2ccc(Cl)cc2)c1. The summed E-state index contributed by atoms with van der Waals surface area (Å²) in [5.41, 5.74) is 1.10. The normalized spacial score (nSPS) is 10.7. The van der Waals surface area contributed by atoms with Gasteiger partial charge in [-0.15, -0.1) is 0 Å². The van der Waals surface area contributed by atoms with Gasteiger partial charge in [0.25, 0.3) is 0 Å². The van der Waals surface area contributed by atoms with E-state index in [9.17, 15) is 0 Å². The monoisotopic (exact) mass is 276 g/mol. The highest BCUT2D eigenvalue weighted by Gasteiger charge is 2.01. The van der Waals surface area contributed by atoms with E-state index in [-0.39, 0.29) is 0 Å². The smallest absolute Gasteiger partial charge is 0.146 e. The Morgan fingerprint density at radius 1 is 1.16 bits per heavy atom. The van der Waals surface area contributed by atoms with E-state index in [1.807, 2.05) is 24.4 Å². The van der Waals surface area contributed by atoms with Crippen LogP contribution in [0.1, 0.15) is 19.4 Å². The Morgan fingerprint density at radius 3 is 2.58 bits per heavy atom. The van der Waals surface area contributed by atoms with Gasteiger partial charge in [-0.25, -0.2) is 0 Å². The number of halogens is 1. The molecule has 4 heteroatoms. The quantitative estimate of drug-likeness (QED) is 0.895. The summed E-state index contributed by atoms with van der Waals surface area (Å²) in [5.74, 6) is 1.48. The van der Waals surface area contributed by atoms with Crippen LogP contribution in [0.25, 0.3) is 0 Å². The minimum Gasteiger partial charge on any atom is -0.456 e. The van der Waals surface area contributed by atoms with Crippen LogP contribution in [0.15, 0.2) is 42.7 Å². The van der Waals surface area contributed by atoms with Crippen molar-refractivity contribution in [3.63, 3.8) is 0 Å². The predicted molar refractivity (Wildman–Crippen MR) is 77.7 cm³/mol. The zero-order chi connectivity index (χ0) is 13.7. The molecule has 0 radical (unpaired) electrons. The van der Waals surface area contributed by atoms with Gasteiger partial charge in [0.2, 0.25) is 0 Å². The van der Waals surface area contributed by atoms with Gasteiger partial charge in [0.05, 0.1) is 6.20 Å². The van der Waals surface area contributed by atoms with Gasteiger partial charge in [-0.05, 0) is 35.9 Å². The van der Waals surface area contributed by atoms with Crippen molar-refractivity contribution >= 4 is 11.6 Å². The molecule has 1 aromatic carbocycles. The van der Waals surface area contributed by atoms with Crippen LogP contribution in [0.3, 0.4) is 0 Å². The molecule has 0 unspecified atom stereocenters. The molecule has 2 aromatic rings. The molecule has 1 N–H and O–H groups in total. The highest BCUT2D eigenvalue weighted by Crippen LogP contribution is 2.22. The van der Waals surface area contributed by atoms with Gasteiger partial charge in [0.15, 0.2) is 0 Å². The summed E-state index contributed by atoms with van der Waals surface area (Å²) in [6.07, 6.45) is 3.54. The largest absolute Gasteiger partial charge is 0.456 e. The lowest BCUT2D eigenvalue weighted by atomic mass is 10.2. The molecule has 0 atom stereocenters. The maximum Gasteiger partial charge on any atom is 0.146 e. The number of nitrogens with zero attached hydrogens (tertiary/aromatic N) is 1. The Balaban J connectivity index is 2.04. The molecule has 0 aliphatic carbocycles. The third-order valence-corrected chi connectivity index (χ3v) is 2.79. The average molecular weight is 277 g/mol. The van der Waals surface area contributed by atoms with Gasteiger partial charge < -0.3 is 10.1 Å². The molecule has 0 aliphatic heterocycles. The molecular weight excluding hydrogens is 260 g/mol. The van der Waals surface area contributed by atoms with Crippen LogP contribution < -0.4 is 10.1 Å². The topological polar surface area (TPSA) is 34.2 Å². The van der Waals surface area contributed by atoms with Gasteiger partial charge in [-0.2, -0.15) is 0 Å². The summed E-state index contributed by atoms with van der Waals surface area (Å²) in [4.78, 5) is 4.19. The Morgan fingerprint density at radius 2 is 1.89 bits per heavy atom. The second-order valence-electron chi connectivity index (χ2n) is 4.62. The Kier molecular flexibility index (Phi) is 4.77. The maximum absolute atomic E-state index is 5.83. The molecule has 0 fully saturated rings. The first-order valence-corrected chi connectivity index (χ1v) is 6.62. The van der Waals surface area contributed by atoms with Gasteiger partial charge >= 0.3 is 0 Å². The standard InChI is InChI=1S/C15H17ClN2O/c1-11(2)18-9-12-7-15(10-17-8-12)19-14-5-3-13(16)4-6-14/h3-8,10-11,18H,9H2,1-2H3. The number of aromatic nitrogens is 1. The van der Waals surface area contributed by atoms with E-state index in [4.69, 9.17) is 16.3 Å². The predicted octanol–water partition coefficient (Wildman–Crippen LogP) is 4.03. The van der Waals surface area contributed by atoms with E-state index >= 15 is 0 Å². The number of benzene rings is 1. The van der Waals surface area contributed by atoms with E-state index in [0.717, 1.165) is 23.6 Å². The minimum atomic E-state index is 0.445. The molecule has 19 heavy (non-hydrogen) atoms. The van der Waals surface area contributed by atoms with Crippen molar-refractivity contribution in [2.45, 2.75) is 26.4 Å². The Labute approximate surface area is 118 Å². The van der Waals surface area contributed by atoms with E-state index in [2.05, 4.69) is 24.1 Å². The first-order chi connectivity index (χ1) is 9.13. The van der Waals surface area contributed by atoms with E-state index < -0.39 is 0 Å². The average Bonchev–Trinajstić information content (AvgIpc) is 2.40. The number of hydrogen-bond acceptors (Lipinski definition) is 3. The highest BCUT2D eigenvalue weighted by molar-refractivity contribution is 6.30. The lowest BCUT2D eigenvalue weighted by Crippen LogP contribution is -2.21. The second-order valence-corrected chi connectivity index (χ2v) is 5.06. The fraction of sp³-hybridized carbons (Fsp3) is 0.267. The molecule has 0 saturated carbocycles. The summed E-state index contributed by atoms with van der Waals surface area (Å²) >= 11 is 5.83. The highest BCUT2D eigenvalue weighted by atomic mass is 35.5. The number of hydrogen-bond donors (Lipinski definition) is 1. The van der Waals surface area contributed by atoms with Crippen molar-refractivity contribution in [3.05, 3.63) is 53.3 Å². The zero-order valence-electron chi connectivity index (χ0n) is 11.1. The Hall–Kier alpha value is -1.58.